The number of aromatic hydroxyl groups is 1. The Morgan fingerprint density at radius 3 is 2.48 bits per heavy atom. The van der Waals surface area contributed by atoms with E-state index < -0.39 is 0 Å². The zero-order valence-electron chi connectivity index (χ0n) is 12.8. The molecule has 1 aromatic carbocycles. The van der Waals surface area contributed by atoms with Gasteiger partial charge in [0.2, 0.25) is 0 Å². The summed E-state index contributed by atoms with van der Waals surface area (Å²) in [4.78, 5) is 20.8. The van der Waals surface area contributed by atoms with E-state index in [0.29, 0.717) is 5.56 Å². The van der Waals surface area contributed by atoms with Crippen molar-refractivity contribution in [2.45, 2.75) is 0 Å². The van der Waals surface area contributed by atoms with Crippen molar-refractivity contribution in [3.05, 3.63) is 66.5 Å². The zero-order chi connectivity index (χ0) is 16.1. The van der Waals surface area contributed by atoms with Crippen LogP contribution in [-0.4, -0.2) is 47.0 Å². The first-order valence-corrected chi connectivity index (χ1v) is 7.64. The van der Waals surface area contributed by atoms with E-state index in [-0.39, 0.29) is 11.5 Å². The molecule has 1 saturated heterocycles. The molecule has 0 atom stereocenters. The van der Waals surface area contributed by atoms with Crippen LogP contribution in [0.5, 0.6) is 5.75 Å². The van der Waals surface area contributed by atoms with Crippen LogP contribution < -0.4 is 4.90 Å². The van der Waals surface area contributed by atoms with Gasteiger partial charge >= 0.3 is 0 Å². The third-order valence-electron chi connectivity index (χ3n) is 3.89. The quantitative estimate of drug-likeness (QED) is 0.694. The Hall–Kier alpha value is -2.82. The van der Waals surface area contributed by atoms with Gasteiger partial charge in [-0.05, 0) is 24.3 Å². The van der Waals surface area contributed by atoms with Crippen molar-refractivity contribution in [1.29, 1.82) is 0 Å². The number of hydrogen-bond donors (Lipinski definition) is 1. The highest BCUT2D eigenvalue weighted by molar-refractivity contribution is 6.06. The molecular weight excluding hydrogens is 290 g/mol. The molecule has 0 bridgehead atoms. The van der Waals surface area contributed by atoms with E-state index in [1.807, 2.05) is 24.4 Å². The van der Waals surface area contributed by atoms with E-state index >= 15 is 0 Å². The molecule has 0 saturated carbocycles. The van der Waals surface area contributed by atoms with Crippen LogP contribution in [-0.2, 0) is 0 Å². The molecule has 2 aromatic rings. The Labute approximate surface area is 135 Å². The molecule has 0 unspecified atom stereocenters. The smallest absolute Gasteiger partial charge is 0.190 e. The molecule has 1 fully saturated rings. The molecule has 1 aromatic heterocycles. The van der Waals surface area contributed by atoms with E-state index in [4.69, 9.17) is 0 Å². The minimum Gasteiger partial charge on any atom is -0.507 e. The van der Waals surface area contributed by atoms with Crippen molar-refractivity contribution in [1.82, 2.24) is 9.88 Å². The number of anilines is 1. The summed E-state index contributed by atoms with van der Waals surface area (Å²) in [5, 5.41) is 9.70. The summed E-state index contributed by atoms with van der Waals surface area (Å²) >= 11 is 0. The average Bonchev–Trinajstić information content (AvgIpc) is 2.61. The molecule has 0 amide bonds. The van der Waals surface area contributed by atoms with Crippen molar-refractivity contribution in [2.75, 3.05) is 31.1 Å². The summed E-state index contributed by atoms with van der Waals surface area (Å²) in [6, 6.07) is 12.5. The molecule has 0 aliphatic carbocycles. The number of para-hydroxylation sites is 1. The van der Waals surface area contributed by atoms with Crippen molar-refractivity contribution in [3.8, 4) is 5.75 Å². The number of phenolic OH excluding ortho intramolecular Hbond substituents is 1. The van der Waals surface area contributed by atoms with Gasteiger partial charge in [0.1, 0.15) is 11.6 Å². The van der Waals surface area contributed by atoms with Crippen LogP contribution in [0.25, 0.3) is 0 Å². The van der Waals surface area contributed by atoms with E-state index in [1.165, 1.54) is 12.1 Å². The summed E-state index contributed by atoms with van der Waals surface area (Å²) < 4.78 is 0. The topological polar surface area (TPSA) is 56.7 Å². The third kappa shape index (κ3) is 3.69. The highest BCUT2D eigenvalue weighted by Crippen LogP contribution is 2.17. The summed E-state index contributed by atoms with van der Waals surface area (Å²) in [5.74, 6) is 0.818. The van der Waals surface area contributed by atoms with Crippen LogP contribution in [0.3, 0.4) is 0 Å². The third-order valence-corrected chi connectivity index (χ3v) is 3.89. The average molecular weight is 309 g/mol. The number of piperazine rings is 1. The molecule has 1 aliphatic heterocycles. The number of ketones is 1. The predicted octanol–water partition coefficient (Wildman–Crippen LogP) is 2.31. The number of benzene rings is 1. The Morgan fingerprint density at radius 2 is 1.78 bits per heavy atom. The number of nitrogens with zero attached hydrogens (tertiary/aromatic N) is 3. The van der Waals surface area contributed by atoms with Gasteiger partial charge in [0, 0.05) is 44.7 Å². The van der Waals surface area contributed by atoms with Gasteiger partial charge in [0.15, 0.2) is 5.78 Å². The molecule has 0 radical (unpaired) electrons. The Morgan fingerprint density at radius 1 is 1.04 bits per heavy atom. The maximum absolute atomic E-state index is 12.1. The van der Waals surface area contributed by atoms with Crippen molar-refractivity contribution < 1.29 is 9.90 Å². The second kappa shape index (κ2) is 6.96. The maximum atomic E-state index is 12.1. The molecule has 3 rings (SSSR count). The normalized spacial score (nSPS) is 15.1. The first-order valence-electron chi connectivity index (χ1n) is 7.64. The molecule has 5 heteroatoms. The van der Waals surface area contributed by atoms with Crippen molar-refractivity contribution in [3.63, 3.8) is 0 Å². The predicted molar refractivity (Wildman–Crippen MR) is 89.6 cm³/mol. The van der Waals surface area contributed by atoms with Crippen LogP contribution in [0.2, 0.25) is 0 Å². The number of aromatic nitrogens is 1. The lowest BCUT2D eigenvalue weighted by atomic mass is 10.1. The van der Waals surface area contributed by atoms with Crippen LogP contribution in [0, 0.1) is 0 Å². The Bertz CT molecular complexity index is 692. The molecular formula is C18H19N3O2. The van der Waals surface area contributed by atoms with Gasteiger partial charge in [-0.15, -0.1) is 0 Å². The SMILES string of the molecule is O=C(/C=C/N1CCN(c2ccccn2)CC1)c1ccccc1O. The van der Waals surface area contributed by atoms with Gasteiger partial charge < -0.3 is 14.9 Å². The lowest BCUT2D eigenvalue weighted by Gasteiger charge is -2.34. The molecule has 1 aliphatic rings. The number of hydrogen-bond acceptors (Lipinski definition) is 5. The number of rotatable bonds is 4. The summed E-state index contributed by atoms with van der Waals surface area (Å²) in [7, 11) is 0. The van der Waals surface area contributed by atoms with E-state index in [2.05, 4.69) is 14.8 Å². The van der Waals surface area contributed by atoms with Gasteiger partial charge in [-0.1, -0.05) is 18.2 Å². The maximum Gasteiger partial charge on any atom is 0.190 e. The fourth-order valence-electron chi connectivity index (χ4n) is 2.59. The van der Waals surface area contributed by atoms with Gasteiger partial charge in [-0.25, -0.2) is 4.98 Å². The van der Waals surface area contributed by atoms with Gasteiger partial charge in [-0.3, -0.25) is 4.79 Å². The van der Waals surface area contributed by atoms with Gasteiger partial charge in [0.05, 0.1) is 5.56 Å². The van der Waals surface area contributed by atoms with E-state index in [1.54, 1.807) is 24.4 Å². The number of carbonyl (C=O) groups is 1. The molecule has 118 valence electrons. The van der Waals surface area contributed by atoms with Crippen LogP contribution in [0.4, 0.5) is 5.82 Å². The fourth-order valence-corrected chi connectivity index (χ4v) is 2.59. The Kier molecular flexibility index (Phi) is 4.57. The minimum atomic E-state index is -0.185. The standard InChI is InChI=1S/C18H19N3O2/c22-16-6-2-1-5-15(16)17(23)8-10-20-11-13-21(14-12-20)18-7-3-4-9-19-18/h1-10,22H,11-14H2/b10-8+. The van der Waals surface area contributed by atoms with Crippen LogP contribution >= 0.6 is 0 Å². The fraction of sp³-hybridized carbons (Fsp3) is 0.222. The first kappa shape index (κ1) is 15.1. The number of phenols is 1. The van der Waals surface area contributed by atoms with Crippen LogP contribution in [0.1, 0.15) is 10.4 Å². The number of carbonyl (C=O) groups excluding carboxylic acids is 1. The largest absolute Gasteiger partial charge is 0.507 e. The lowest BCUT2D eigenvalue weighted by molar-refractivity contribution is 0.104. The van der Waals surface area contributed by atoms with Gasteiger partial charge in [-0.2, -0.15) is 0 Å². The molecule has 5 nitrogen and oxygen atoms in total. The van der Waals surface area contributed by atoms with Crippen LogP contribution in [0.15, 0.2) is 60.9 Å². The summed E-state index contributed by atoms with van der Waals surface area (Å²) in [5.41, 5.74) is 0.330. The highest BCUT2D eigenvalue weighted by Gasteiger charge is 2.16. The second-order valence-corrected chi connectivity index (χ2v) is 5.41. The monoisotopic (exact) mass is 309 g/mol. The molecule has 0 spiro atoms. The second-order valence-electron chi connectivity index (χ2n) is 5.41. The zero-order valence-corrected chi connectivity index (χ0v) is 12.8. The summed E-state index contributed by atoms with van der Waals surface area (Å²) in [6.45, 7) is 3.40. The van der Waals surface area contributed by atoms with Crippen molar-refractivity contribution in [2.24, 2.45) is 0 Å². The first-order chi connectivity index (χ1) is 11.2. The lowest BCUT2D eigenvalue weighted by Crippen LogP contribution is -2.44. The molecule has 1 N–H and O–H groups in total. The van der Waals surface area contributed by atoms with Crippen molar-refractivity contribution >= 4 is 11.6 Å². The number of pyridine rings is 1. The molecule has 2 heterocycles. The van der Waals surface area contributed by atoms with E-state index in [9.17, 15) is 9.90 Å². The molecule has 23 heavy (non-hydrogen) atoms. The minimum absolute atomic E-state index is 0.0159. The summed E-state index contributed by atoms with van der Waals surface area (Å²) in [6.07, 6.45) is 5.13. The van der Waals surface area contributed by atoms with Gasteiger partial charge in [0.25, 0.3) is 0 Å². The Balaban J connectivity index is 1.56. The highest BCUT2D eigenvalue weighted by atomic mass is 16.3. The number of allylic oxidation sites excluding steroid dienone is 1. The van der Waals surface area contributed by atoms with E-state index in [0.717, 1.165) is 32.0 Å².